The fourth-order valence-corrected chi connectivity index (χ4v) is 6.81. The smallest absolute Gasteiger partial charge is 0.308 e. The van der Waals surface area contributed by atoms with E-state index in [0.29, 0.717) is 28.1 Å². The van der Waals surface area contributed by atoms with Gasteiger partial charge in [-0.1, -0.05) is 78.9 Å². The molecule has 3 nitrogen and oxygen atoms in total. The summed E-state index contributed by atoms with van der Waals surface area (Å²) in [7, 11) is 0. The molecule has 0 aliphatic rings. The van der Waals surface area contributed by atoms with Gasteiger partial charge in [-0.15, -0.1) is 0 Å². The van der Waals surface area contributed by atoms with E-state index >= 15 is 0 Å². The Bertz CT molecular complexity index is 2370. The first kappa shape index (κ1) is 29.4. The summed E-state index contributed by atoms with van der Waals surface area (Å²) in [6.45, 7) is 0. The maximum atomic E-state index is 14.6. The molecule has 0 unspecified atom stereocenters. The Morgan fingerprint density at radius 2 is 0.875 bits per heavy atom. The number of hydrogen-bond donors (Lipinski definition) is 0. The molecule has 8 rings (SSSR count). The van der Waals surface area contributed by atoms with E-state index in [-0.39, 0.29) is 28.6 Å². The van der Waals surface area contributed by atoms with Crippen molar-refractivity contribution in [3.05, 3.63) is 144 Å². The highest BCUT2D eigenvalue weighted by atomic mass is 19.4. The van der Waals surface area contributed by atoms with Crippen molar-refractivity contribution >= 4 is 43.6 Å². The van der Waals surface area contributed by atoms with Crippen LogP contribution in [0.3, 0.4) is 0 Å². The number of halogens is 6. The highest BCUT2D eigenvalue weighted by molar-refractivity contribution is 6.11. The predicted octanol–water partition coefficient (Wildman–Crippen LogP) is 11.5. The molecule has 0 saturated carbocycles. The molecule has 0 fully saturated rings. The first-order valence-corrected chi connectivity index (χ1v) is 14.9. The zero-order chi connectivity index (χ0) is 33.4. The Kier molecular flexibility index (Phi) is 6.43. The number of aromatic nitrogens is 2. The van der Waals surface area contributed by atoms with Crippen molar-refractivity contribution in [2.24, 2.45) is 0 Å². The lowest BCUT2D eigenvalue weighted by Gasteiger charge is -2.20. The van der Waals surface area contributed by atoms with Crippen LogP contribution in [0, 0.1) is 11.3 Å². The van der Waals surface area contributed by atoms with Gasteiger partial charge in [0.05, 0.1) is 44.6 Å². The van der Waals surface area contributed by atoms with Gasteiger partial charge in [-0.3, -0.25) is 0 Å². The van der Waals surface area contributed by atoms with Crippen LogP contribution in [-0.2, 0) is 12.4 Å². The van der Waals surface area contributed by atoms with Gasteiger partial charge in [0, 0.05) is 21.5 Å². The topological polar surface area (TPSA) is 33.6 Å². The molecular formula is C39H21F6N3. The van der Waals surface area contributed by atoms with Crippen molar-refractivity contribution in [1.29, 1.82) is 5.26 Å². The fraction of sp³-hybridized carbons (Fsp3) is 0.0513. The van der Waals surface area contributed by atoms with E-state index in [4.69, 9.17) is 0 Å². The lowest BCUT2D eigenvalue weighted by molar-refractivity contribution is -0.142. The van der Waals surface area contributed by atoms with Crippen LogP contribution in [0.25, 0.3) is 66.1 Å². The first-order chi connectivity index (χ1) is 23.1. The third-order valence-corrected chi connectivity index (χ3v) is 8.81. The third-order valence-electron chi connectivity index (χ3n) is 8.81. The minimum atomic E-state index is -5.11. The highest BCUT2D eigenvalue weighted by Crippen LogP contribution is 2.44. The Balaban J connectivity index is 1.56. The summed E-state index contributed by atoms with van der Waals surface area (Å²) in [6, 6.07) is 36.9. The summed E-state index contributed by atoms with van der Waals surface area (Å²) in [4.78, 5) is 0. The zero-order valence-electron chi connectivity index (χ0n) is 24.7. The fourth-order valence-electron chi connectivity index (χ4n) is 6.81. The van der Waals surface area contributed by atoms with E-state index in [9.17, 15) is 31.6 Å². The molecule has 0 N–H and O–H groups in total. The lowest BCUT2D eigenvalue weighted by Crippen LogP contribution is -2.12. The summed E-state index contributed by atoms with van der Waals surface area (Å²) < 4.78 is 88.5. The molecule has 0 amide bonds. The van der Waals surface area contributed by atoms with Crippen molar-refractivity contribution < 1.29 is 26.3 Å². The molecular weight excluding hydrogens is 624 g/mol. The van der Waals surface area contributed by atoms with Gasteiger partial charge in [0.1, 0.15) is 11.6 Å². The third kappa shape index (κ3) is 4.44. The normalized spacial score (nSPS) is 12.4. The molecule has 2 aromatic heterocycles. The van der Waals surface area contributed by atoms with Crippen molar-refractivity contribution in [3.8, 4) is 28.6 Å². The Morgan fingerprint density at radius 3 is 1.23 bits per heavy atom. The summed E-state index contributed by atoms with van der Waals surface area (Å²) in [5.41, 5.74) is 0.335. The molecule has 8 aromatic rings. The molecule has 0 radical (unpaired) electrons. The van der Waals surface area contributed by atoms with Crippen molar-refractivity contribution in [3.63, 3.8) is 0 Å². The van der Waals surface area contributed by atoms with Crippen LogP contribution in [0.15, 0.2) is 127 Å². The van der Waals surface area contributed by atoms with E-state index in [0.717, 1.165) is 27.6 Å². The SMILES string of the molecule is N#Cc1c(-n2c3ccccc3c3ccccc32)cc(-c2ccc(C(F)(F)F)cc2C(F)(F)F)cc1-n1c2ccccc2c2ccccc21. The molecule has 2 heterocycles. The number of para-hydroxylation sites is 4. The van der Waals surface area contributed by atoms with Crippen LogP contribution >= 0.6 is 0 Å². The van der Waals surface area contributed by atoms with Gasteiger partial charge in [0.15, 0.2) is 0 Å². The first-order valence-electron chi connectivity index (χ1n) is 14.9. The summed E-state index contributed by atoms with van der Waals surface area (Å²) in [5.74, 6) is 0. The molecule has 234 valence electrons. The van der Waals surface area contributed by atoms with Gasteiger partial charge in [-0.2, -0.15) is 31.6 Å². The molecule has 48 heavy (non-hydrogen) atoms. The van der Waals surface area contributed by atoms with Gasteiger partial charge in [-0.05, 0) is 59.7 Å². The van der Waals surface area contributed by atoms with Crippen LogP contribution in [0.4, 0.5) is 26.3 Å². The quantitative estimate of drug-likeness (QED) is 0.176. The van der Waals surface area contributed by atoms with Crippen LogP contribution in [0.1, 0.15) is 16.7 Å². The largest absolute Gasteiger partial charge is 0.417 e. The van der Waals surface area contributed by atoms with Gasteiger partial charge >= 0.3 is 12.4 Å². The van der Waals surface area contributed by atoms with Crippen LogP contribution in [-0.4, -0.2) is 9.13 Å². The van der Waals surface area contributed by atoms with Crippen LogP contribution < -0.4 is 0 Å². The highest BCUT2D eigenvalue weighted by Gasteiger charge is 2.38. The van der Waals surface area contributed by atoms with E-state index in [1.54, 1.807) is 0 Å². The summed E-state index contributed by atoms with van der Waals surface area (Å²) in [6.07, 6.45) is -10.1. The van der Waals surface area contributed by atoms with E-state index in [1.807, 2.05) is 106 Å². The van der Waals surface area contributed by atoms with Gasteiger partial charge < -0.3 is 9.13 Å². The second kappa shape index (κ2) is 10.5. The van der Waals surface area contributed by atoms with Crippen LogP contribution in [0.5, 0.6) is 0 Å². The number of fused-ring (bicyclic) bond motifs is 6. The van der Waals surface area contributed by atoms with Crippen LogP contribution in [0.2, 0.25) is 0 Å². The Labute approximate surface area is 269 Å². The van der Waals surface area contributed by atoms with Gasteiger partial charge in [-0.25, -0.2) is 0 Å². The summed E-state index contributed by atoms with van der Waals surface area (Å²) in [5, 5.41) is 14.3. The van der Waals surface area contributed by atoms with Crippen molar-refractivity contribution in [2.75, 3.05) is 0 Å². The van der Waals surface area contributed by atoms with Crippen molar-refractivity contribution in [1.82, 2.24) is 9.13 Å². The number of benzene rings is 6. The standard InChI is InChI=1S/C39H21F6N3/c40-38(41,42)24-17-18-25(31(21-24)39(43,44)45)23-19-36(47-32-13-5-1-9-26(32)27-10-2-6-14-33(27)47)30(22-46)37(20-23)48-34-15-7-3-11-28(34)29-12-4-8-16-35(29)48/h1-21H. The number of hydrogen-bond acceptors (Lipinski definition) is 1. The molecule has 0 bridgehead atoms. The molecule has 0 aliphatic carbocycles. The summed E-state index contributed by atoms with van der Waals surface area (Å²) >= 11 is 0. The van der Waals surface area contributed by atoms with Gasteiger partial charge in [0.2, 0.25) is 0 Å². The second-order valence-electron chi connectivity index (χ2n) is 11.5. The number of nitriles is 1. The molecule has 6 aromatic carbocycles. The second-order valence-corrected chi connectivity index (χ2v) is 11.5. The maximum absolute atomic E-state index is 14.6. The molecule has 0 atom stereocenters. The lowest BCUT2D eigenvalue weighted by atomic mass is 9.94. The molecule has 0 aliphatic heterocycles. The van der Waals surface area contributed by atoms with E-state index < -0.39 is 29.0 Å². The minimum absolute atomic E-state index is 0.00349. The number of nitrogens with zero attached hydrogens (tertiary/aromatic N) is 3. The number of alkyl halides is 6. The number of rotatable bonds is 3. The Morgan fingerprint density at radius 1 is 0.479 bits per heavy atom. The van der Waals surface area contributed by atoms with Crippen molar-refractivity contribution in [2.45, 2.75) is 12.4 Å². The monoisotopic (exact) mass is 645 g/mol. The molecule has 0 spiro atoms. The maximum Gasteiger partial charge on any atom is 0.417 e. The zero-order valence-corrected chi connectivity index (χ0v) is 24.7. The Hall–Kier alpha value is -6.01. The average molecular weight is 646 g/mol. The molecule has 9 heteroatoms. The predicted molar refractivity (Wildman–Crippen MR) is 175 cm³/mol. The minimum Gasteiger partial charge on any atom is -0.308 e. The molecule has 0 saturated heterocycles. The van der Waals surface area contributed by atoms with Gasteiger partial charge in [0.25, 0.3) is 0 Å². The van der Waals surface area contributed by atoms with E-state index in [2.05, 4.69) is 6.07 Å². The van der Waals surface area contributed by atoms with E-state index in [1.165, 1.54) is 12.1 Å². The average Bonchev–Trinajstić information content (AvgIpc) is 3.60.